The predicted molar refractivity (Wildman–Crippen MR) is 95.1 cm³/mol. The first-order chi connectivity index (χ1) is 10.6. The summed E-state index contributed by atoms with van der Waals surface area (Å²) in [5.41, 5.74) is 0.620. The van der Waals surface area contributed by atoms with Crippen molar-refractivity contribution in [3.05, 3.63) is 0 Å². The average Bonchev–Trinajstić information content (AvgIpc) is 2.46. The largest absolute Gasteiger partial charge is 0.313 e. The van der Waals surface area contributed by atoms with Crippen LogP contribution >= 0.6 is 0 Å². The van der Waals surface area contributed by atoms with E-state index in [0.29, 0.717) is 5.41 Å². The lowest BCUT2D eigenvalue weighted by atomic mass is 9.45. The Bertz CT molecular complexity index is 344. The zero-order valence-electron chi connectivity index (χ0n) is 15.2. The fraction of sp³-hybridized carbons (Fsp3) is 1.00. The SMILES string of the molecule is C[C@@H]1[C@@H](NCCNC2CCCCCCC2)C[C@@H]2C[C@H]1C2(C)C. The molecule has 0 aliphatic heterocycles. The van der Waals surface area contributed by atoms with Crippen LogP contribution in [0.5, 0.6) is 0 Å². The van der Waals surface area contributed by atoms with Gasteiger partial charge in [0.05, 0.1) is 0 Å². The summed E-state index contributed by atoms with van der Waals surface area (Å²) in [5, 5.41) is 7.69. The Balaban J connectivity index is 1.34. The lowest BCUT2D eigenvalue weighted by Gasteiger charge is -2.62. The highest BCUT2D eigenvalue weighted by atomic mass is 15.0. The molecule has 4 atom stereocenters. The molecule has 0 aromatic carbocycles. The Morgan fingerprint density at radius 3 is 2.14 bits per heavy atom. The van der Waals surface area contributed by atoms with Crippen molar-refractivity contribution in [2.75, 3.05) is 13.1 Å². The topological polar surface area (TPSA) is 24.1 Å². The van der Waals surface area contributed by atoms with Crippen LogP contribution in [0, 0.1) is 23.2 Å². The first-order valence-electron chi connectivity index (χ1n) is 10.1. The van der Waals surface area contributed by atoms with Gasteiger partial charge in [0, 0.05) is 25.2 Å². The lowest BCUT2D eigenvalue weighted by Crippen LogP contribution is -2.60. The molecule has 0 radical (unpaired) electrons. The van der Waals surface area contributed by atoms with E-state index in [1.54, 1.807) is 0 Å². The van der Waals surface area contributed by atoms with Gasteiger partial charge >= 0.3 is 0 Å². The molecule has 0 unspecified atom stereocenters. The highest BCUT2D eigenvalue weighted by Crippen LogP contribution is 2.61. The van der Waals surface area contributed by atoms with Crippen molar-refractivity contribution in [3.8, 4) is 0 Å². The minimum Gasteiger partial charge on any atom is -0.313 e. The molecule has 2 heteroatoms. The molecular weight excluding hydrogens is 268 g/mol. The molecule has 0 amide bonds. The van der Waals surface area contributed by atoms with Crippen molar-refractivity contribution >= 4 is 0 Å². The smallest absolute Gasteiger partial charge is 0.00989 e. The summed E-state index contributed by atoms with van der Waals surface area (Å²) in [4.78, 5) is 0. The molecule has 0 aromatic heterocycles. The molecule has 4 aliphatic carbocycles. The zero-order valence-corrected chi connectivity index (χ0v) is 15.2. The van der Waals surface area contributed by atoms with Crippen LogP contribution < -0.4 is 10.6 Å². The van der Waals surface area contributed by atoms with E-state index in [9.17, 15) is 0 Å². The molecule has 2 bridgehead atoms. The van der Waals surface area contributed by atoms with E-state index < -0.39 is 0 Å². The molecule has 4 saturated carbocycles. The van der Waals surface area contributed by atoms with Crippen molar-refractivity contribution in [2.24, 2.45) is 23.2 Å². The van der Waals surface area contributed by atoms with E-state index in [1.165, 1.54) is 57.8 Å². The highest BCUT2D eigenvalue weighted by molar-refractivity contribution is 5.06. The van der Waals surface area contributed by atoms with Gasteiger partial charge in [0.1, 0.15) is 0 Å². The Morgan fingerprint density at radius 2 is 1.50 bits per heavy atom. The summed E-state index contributed by atoms with van der Waals surface area (Å²) in [6, 6.07) is 1.56. The van der Waals surface area contributed by atoms with Crippen molar-refractivity contribution in [3.63, 3.8) is 0 Å². The van der Waals surface area contributed by atoms with Gasteiger partial charge in [-0.3, -0.25) is 0 Å². The van der Waals surface area contributed by atoms with Crippen molar-refractivity contribution in [1.82, 2.24) is 10.6 Å². The Hall–Kier alpha value is -0.0800. The third-order valence-corrected chi connectivity index (χ3v) is 7.42. The van der Waals surface area contributed by atoms with Gasteiger partial charge in [-0.2, -0.15) is 0 Å². The molecule has 4 rings (SSSR count). The second-order valence-electron chi connectivity index (χ2n) is 9.01. The molecule has 0 spiro atoms. The molecule has 2 nitrogen and oxygen atoms in total. The van der Waals surface area contributed by atoms with E-state index in [4.69, 9.17) is 0 Å². The van der Waals surface area contributed by atoms with Crippen LogP contribution in [0.25, 0.3) is 0 Å². The maximum Gasteiger partial charge on any atom is 0.00989 e. The maximum absolute atomic E-state index is 3.88. The second-order valence-corrected chi connectivity index (χ2v) is 9.01. The van der Waals surface area contributed by atoms with Gasteiger partial charge in [-0.25, -0.2) is 0 Å². The summed E-state index contributed by atoms with van der Waals surface area (Å²) >= 11 is 0. The molecule has 0 heterocycles. The van der Waals surface area contributed by atoms with Gasteiger partial charge in [-0.1, -0.05) is 52.9 Å². The summed E-state index contributed by atoms with van der Waals surface area (Å²) in [7, 11) is 0. The maximum atomic E-state index is 3.88. The van der Waals surface area contributed by atoms with Gasteiger partial charge in [-0.05, 0) is 48.9 Å². The standard InChI is InChI=1S/C20H38N2/c1-15-18-13-16(20(18,2)3)14-19(15)22-12-11-21-17-9-7-5-4-6-8-10-17/h15-19,21-22H,4-14H2,1-3H3/t15-,16-,18+,19-/m0/s1. The van der Waals surface area contributed by atoms with Crippen LogP contribution in [0.3, 0.4) is 0 Å². The zero-order chi connectivity index (χ0) is 15.6. The molecular formula is C20H38N2. The summed E-state index contributed by atoms with van der Waals surface area (Å²) < 4.78 is 0. The third-order valence-electron chi connectivity index (χ3n) is 7.42. The van der Waals surface area contributed by atoms with Crippen LogP contribution in [0.2, 0.25) is 0 Å². The molecule has 2 N–H and O–H groups in total. The van der Waals surface area contributed by atoms with E-state index in [-0.39, 0.29) is 0 Å². The van der Waals surface area contributed by atoms with Crippen molar-refractivity contribution in [2.45, 2.75) is 90.6 Å². The van der Waals surface area contributed by atoms with Crippen LogP contribution in [0.15, 0.2) is 0 Å². The van der Waals surface area contributed by atoms with Crippen LogP contribution in [0.4, 0.5) is 0 Å². The lowest BCUT2D eigenvalue weighted by molar-refractivity contribution is -0.114. The molecule has 0 saturated heterocycles. The van der Waals surface area contributed by atoms with E-state index in [2.05, 4.69) is 31.4 Å². The van der Waals surface area contributed by atoms with E-state index >= 15 is 0 Å². The summed E-state index contributed by atoms with van der Waals surface area (Å²) in [6.45, 7) is 9.79. The quantitative estimate of drug-likeness (QED) is 0.738. The number of rotatable bonds is 5. The normalized spacial score (nSPS) is 38.9. The Morgan fingerprint density at radius 1 is 0.864 bits per heavy atom. The molecule has 22 heavy (non-hydrogen) atoms. The number of nitrogens with one attached hydrogen (secondary N) is 2. The van der Waals surface area contributed by atoms with E-state index in [0.717, 1.165) is 42.9 Å². The van der Waals surface area contributed by atoms with Crippen LogP contribution in [-0.2, 0) is 0 Å². The molecule has 128 valence electrons. The monoisotopic (exact) mass is 306 g/mol. The number of fused-ring (bicyclic) bond motifs is 2. The average molecular weight is 307 g/mol. The van der Waals surface area contributed by atoms with Gasteiger partial charge in [-0.15, -0.1) is 0 Å². The second kappa shape index (κ2) is 7.21. The third kappa shape index (κ3) is 3.53. The minimum atomic E-state index is 0.620. The number of hydrogen-bond donors (Lipinski definition) is 2. The fourth-order valence-electron chi connectivity index (χ4n) is 5.61. The predicted octanol–water partition coefficient (Wildman–Crippen LogP) is 4.35. The van der Waals surface area contributed by atoms with E-state index in [1.807, 2.05) is 0 Å². The summed E-state index contributed by atoms with van der Waals surface area (Å²) in [5.74, 6) is 2.80. The first-order valence-corrected chi connectivity index (χ1v) is 10.1. The van der Waals surface area contributed by atoms with Crippen LogP contribution in [0.1, 0.15) is 78.6 Å². The summed E-state index contributed by atoms with van der Waals surface area (Å²) in [6.07, 6.45) is 12.9. The van der Waals surface area contributed by atoms with Crippen molar-refractivity contribution in [1.29, 1.82) is 0 Å². The van der Waals surface area contributed by atoms with Gasteiger partial charge in [0.2, 0.25) is 0 Å². The van der Waals surface area contributed by atoms with Gasteiger partial charge in [0.15, 0.2) is 0 Å². The highest BCUT2D eigenvalue weighted by Gasteiger charge is 2.55. The van der Waals surface area contributed by atoms with Gasteiger partial charge in [0.25, 0.3) is 0 Å². The molecule has 4 aliphatic rings. The van der Waals surface area contributed by atoms with Crippen LogP contribution in [-0.4, -0.2) is 25.2 Å². The molecule has 0 aromatic rings. The molecule has 4 fully saturated rings. The first kappa shape index (κ1) is 16.8. The van der Waals surface area contributed by atoms with Crippen molar-refractivity contribution < 1.29 is 0 Å². The van der Waals surface area contributed by atoms with Gasteiger partial charge < -0.3 is 10.6 Å². The number of hydrogen-bond acceptors (Lipinski definition) is 2. The fourth-order valence-corrected chi connectivity index (χ4v) is 5.61. The minimum absolute atomic E-state index is 0.620. The Kier molecular flexibility index (Phi) is 5.50. The Labute approximate surface area is 138 Å².